The van der Waals surface area contributed by atoms with Crippen LogP contribution in [0.5, 0.6) is 5.88 Å². The molecule has 1 aliphatic heterocycles. The van der Waals surface area contributed by atoms with Crippen LogP contribution in [0.15, 0.2) is 42.6 Å². The Bertz CT molecular complexity index is 878. The van der Waals surface area contributed by atoms with Crippen LogP contribution in [0.4, 0.5) is 10.7 Å². The molecule has 30 heavy (non-hydrogen) atoms. The van der Waals surface area contributed by atoms with Crippen molar-refractivity contribution in [2.24, 2.45) is 0 Å². The maximum absolute atomic E-state index is 12.8. The van der Waals surface area contributed by atoms with Gasteiger partial charge in [0.25, 0.3) is 0 Å². The molecule has 2 aromatic rings. The highest BCUT2D eigenvalue weighted by molar-refractivity contribution is 5.70. The van der Waals surface area contributed by atoms with Crippen molar-refractivity contribution < 1.29 is 14.3 Å². The molecule has 1 aliphatic carbocycles. The van der Waals surface area contributed by atoms with Gasteiger partial charge in [0.1, 0.15) is 12.2 Å². The lowest BCUT2D eigenvalue weighted by Crippen LogP contribution is -2.67. The van der Waals surface area contributed by atoms with Crippen molar-refractivity contribution in [3.63, 3.8) is 0 Å². The lowest BCUT2D eigenvalue weighted by Gasteiger charge is -2.55. The Hall–Kier alpha value is -2.83. The second-order valence-electron chi connectivity index (χ2n) is 9.10. The minimum atomic E-state index is -0.493. The van der Waals surface area contributed by atoms with Crippen LogP contribution < -0.4 is 9.64 Å². The van der Waals surface area contributed by atoms with Gasteiger partial charge in [-0.15, -0.1) is 0 Å². The van der Waals surface area contributed by atoms with Crippen molar-refractivity contribution in [1.82, 2.24) is 14.9 Å². The zero-order chi connectivity index (χ0) is 21.2. The van der Waals surface area contributed by atoms with E-state index in [0.29, 0.717) is 38.1 Å². The fraction of sp³-hybridized carbons (Fsp3) is 0.522. The molecule has 0 unspecified atom stereocenters. The second-order valence-corrected chi connectivity index (χ2v) is 9.10. The molecular formula is C23H30N4O3. The van der Waals surface area contributed by atoms with Crippen LogP contribution in [0.1, 0.15) is 45.6 Å². The number of ether oxygens (including phenoxy) is 2. The van der Waals surface area contributed by atoms with E-state index in [2.05, 4.69) is 14.9 Å². The van der Waals surface area contributed by atoms with Gasteiger partial charge in [-0.1, -0.05) is 30.3 Å². The normalized spacial score (nSPS) is 18.1. The third kappa shape index (κ3) is 4.50. The van der Waals surface area contributed by atoms with Gasteiger partial charge < -0.3 is 14.4 Å². The zero-order valence-electron chi connectivity index (χ0n) is 18.0. The quantitative estimate of drug-likeness (QED) is 0.758. The maximum Gasteiger partial charge on any atom is 0.410 e. The van der Waals surface area contributed by atoms with Crippen LogP contribution in [0.3, 0.4) is 0 Å². The minimum Gasteiger partial charge on any atom is -0.473 e. The Morgan fingerprint density at radius 2 is 1.90 bits per heavy atom. The second kappa shape index (κ2) is 8.13. The van der Waals surface area contributed by atoms with Gasteiger partial charge in [-0.05, 0) is 45.6 Å². The van der Waals surface area contributed by atoms with Crippen molar-refractivity contribution >= 4 is 12.0 Å². The Balaban J connectivity index is 1.44. The molecule has 7 nitrogen and oxygen atoms in total. The standard InChI is InChI=1S/C23H30N4O3/c1-22(2,3)30-21(28)27-15-14-26(17-23(27)11-7-12-23)20-24-13-10-19(25-20)29-16-18-8-5-4-6-9-18/h4-6,8-10,13H,7,11-12,14-17H2,1-3H3. The number of rotatable bonds is 4. The van der Waals surface area contributed by atoms with E-state index >= 15 is 0 Å². The van der Waals surface area contributed by atoms with E-state index in [1.54, 1.807) is 12.3 Å². The SMILES string of the molecule is CC(C)(C)OC(=O)N1CCN(c2nccc(OCc3ccccc3)n2)CC12CCC2. The van der Waals surface area contributed by atoms with Crippen molar-refractivity contribution in [2.75, 3.05) is 24.5 Å². The number of amides is 1. The fourth-order valence-electron chi connectivity index (χ4n) is 4.06. The summed E-state index contributed by atoms with van der Waals surface area (Å²) in [5, 5.41) is 0. The molecule has 1 aromatic carbocycles. The average molecular weight is 411 g/mol. The topological polar surface area (TPSA) is 67.8 Å². The maximum atomic E-state index is 12.8. The van der Waals surface area contributed by atoms with Crippen molar-refractivity contribution in [2.45, 2.75) is 57.8 Å². The first kappa shape index (κ1) is 20.4. The lowest BCUT2D eigenvalue weighted by atomic mass is 9.74. The summed E-state index contributed by atoms with van der Waals surface area (Å²) in [4.78, 5) is 26.0. The summed E-state index contributed by atoms with van der Waals surface area (Å²) < 4.78 is 11.5. The molecule has 0 atom stereocenters. The third-order valence-corrected chi connectivity index (χ3v) is 5.68. The summed E-state index contributed by atoms with van der Waals surface area (Å²) in [6, 6.07) is 11.8. The van der Waals surface area contributed by atoms with Crippen LogP contribution in [0.25, 0.3) is 0 Å². The van der Waals surface area contributed by atoms with Gasteiger partial charge in [0.05, 0.1) is 5.54 Å². The number of hydrogen-bond donors (Lipinski definition) is 0. The van der Waals surface area contributed by atoms with Gasteiger partial charge in [0, 0.05) is 31.9 Å². The van der Waals surface area contributed by atoms with Crippen LogP contribution in [-0.2, 0) is 11.3 Å². The van der Waals surface area contributed by atoms with E-state index in [4.69, 9.17) is 9.47 Å². The summed E-state index contributed by atoms with van der Waals surface area (Å²) in [6.07, 6.45) is 4.59. The molecule has 1 saturated carbocycles. The molecule has 0 radical (unpaired) electrons. The molecular weight excluding hydrogens is 380 g/mol. The van der Waals surface area contributed by atoms with Gasteiger partial charge in [-0.3, -0.25) is 4.90 Å². The molecule has 1 amide bonds. The summed E-state index contributed by atoms with van der Waals surface area (Å²) >= 11 is 0. The van der Waals surface area contributed by atoms with Crippen molar-refractivity contribution in [3.8, 4) is 5.88 Å². The third-order valence-electron chi connectivity index (χ3n) is 5.68. The van der Waals surface area contributed by atoms with Crippen LogP contribution in [-0.4, -0.2) is 51.7 Å². The Morgan fingerprint density at radius 1 is 1.13 bits per heavy atom. The predicted molar refractivity (Wildman–Crippen MR) is 115 cm³/mol. The Morgan fingerprint density at radius 3 is 2.57 bits per heavy atom. The van der Waals surface area contributed by atoms with Crippen LogP contribution in [0.2, 0.25) is 0 Å². The number of hydrogen-bond acceptors (Lipinski definition) is 6. The first-order chi connectivity index (χ1) is 14.3. The van der Waals surface area contributed by atoms with Crippen LogP contribution in [0, 0.1) is 0 Å². The molecule has 4 rings (SSSR count). The number of piperazine rings is 1. The molecule has 2 heterocycles. The molecule has 0 bridgehead atoms. The van der Waals surface area contributed by atoms with E-state index in [0.717, 1.165) is 24.8 Å². The monoisotopic (exact) mass is 410 g/mol. The number of anilines is 1. The van der Waals surface area contributed by atoms with Gasteiger partial charge in [-0.25, -0.2) is 9.78 Å². The van der Waals surface area contributed by atoms with Gasteiger partial charge in [-0.2, -0.15) is 4.98 Å². The molecule has 1 saturated heterocycles. The molecule has 1 spiro atoms. The number of carbonyl (C=O) groups is 1. The highest BCUT2D eigenvalue weighted by atomic mass is 16.6. The smallest absolute Gasteiger partial charge is 0.410 e. The van der Waals surface area contributed by atoms with Gasteiger partial charge in [0.15, 0.2) is 0 Å². The van der Waals surface area contributed by atoms with Gasteiger partial charge in [0.2, 0.25) is 11.8 Å². The number of carbonyl (C=O) groups excluding carboxylic acids is 1. The number of aromatic nitrogens is 2. The molecule has 2 aliphatic rings. The van der Waals surface area contributed by atoms with E-state index in [-0.39, 0.29) is 11.6 Å². The minimum absolute atomic E-state index is 0.190. The molecule has 1 aromatic heterocycles. The number of nitrogens with zero attached hydrogens (tertiary/aromatic N) is 4. The average Bonchev–Trinajstić information content (AvgIpc) is 2.70. The predicted octanol–water partition coefficient (Wildman–Crippen LogP) is 4.04. The fourth-order valence-corrected chi connectivity index (χ4v) is 4.06. The van der Waals surface area contributed by atoms with E-state index < -0.39 is 5.60 Å². The molecule has 2 fully saturated rings. The largest absolute Gasteiger partial charge is 0.473 e. The Labute approximate surface area is 178 Å². The summed E-state index contributed by atoms with van der Waals surface area (Å²) in [5.41, 5.74) is 0.411. The highest BCUT2D eigenvalue weighted by Gasteiger charge is 2.50. The van der Waals surface area contributed by atoms with Crippen molar-refractivity contribution in [1.29, 1.82) is 0 Å². The van der Waals surface area contributed by atoms with Crippen molar-refractivity contribution in [3.05, 3.63) is 48.2 Å². The summed E-state index contributed by atoms with van der Waals surface area (Å²) in [7, 11) is 0. The summed E-state index contributed by atoms with van der Waals surface area (Å²) in [6.45, 7) is 8.18. The highest BCUT2D eigenvalue weighted by Crippen LogP contribution is 2.41. The molecule has 7 heteroatoms. The van der Waals surface area contributed by atoms with Crippen LogP contribution >= 0.6 is 0 Å². The number of benzene rings is 1. The zero-order valence-corrected chi connectivity index (χ0v) is 18.0. The van der Waals surface area contributed by atoms with E-state index in [1.807, 2.05) is 56.0 Å². The molecule has 0 N–H and O–H groups in total. The van der Waals surface area contributed by atoms with E-state index in [9.17, 15) is 4.79 Å². The molecule has 160 valence electrons. The first-order valence-electron chi connectivity index (χ1n) is 10.6. The van der Waals surface area contributed by atoms with E-state index in [1.165, 1.54) is 0 Å². The lowest BCUT2D eigenvalue weighted by molar-refractivity contribution is -0.0312. The summed E-state index contributed by atoms with van der Waals surface area (Å²) in [5.74, 6) is 1.21. The first-order valence-corrected chi connectivity index (χ1v) is 10.6. The Kier molecular flexibility index (Phi) is 5.54. The van der Waals surface area contributed by atoms with Gasteiger partial charge >= 0.3 is 6.09 Å².